The van der Waals surface area contributed by atoms with Gasteiger partial charge in [0.1, 0.15) is 0 Å². The Hall–Kier alpha value is -1.01. The van der Waals surface area contributed by atoms with E-state index in [2.05, 4.69) is 27.6 Å². The summed E-state index contributed by atoms with van der Waals surface area (Å²) >= 11 is 12.1. The summed E-state index contributed by atoms with van der Waals surface area (Å²) in [5, 5.41) is 7.80. The number of ether oxygens (including phenoxy) is 1. The Morgan fingerprint density at radius 3 is 2.91 bits per heavy atom. The monoisotopic (exact) mass is 344 g/mol. The molecular weight excluding hydrogens is 323 g/mol. The summed E-state index contributed by atoms with van der Waals surface area (Å²) < 4.78 is 5.72. The maximum absolute atomic E-state index is 6.16. The highest BCUT2D eigenvalue weighted by atomic mass is 35.5. The van der Waals surface area contributed by atoms with Crippen molar-refractivity contribution < 1.29 is 4.74 Å². The first-order valence-corrected chi connectivity index (χ1v) is 8.02. The Morgan fingerprint density at radius 1 is 1.41 bits per heavy atom. The molecule has 0 bridgehead atoms. The van der Waals surface area contributed by atoms with Crippen molar-refractivity contribution in [3.05, 3.63) is 33.8 Å². The average molecular weight is 345 g/mol. The lowest BCUT2D eigenvalue weighted by Crippen LogP contribution is -2.48. The molecule has 0 spiro atoms. The number of morpholine rings is 1. The quantitative estimate of drug-likeness (QED) is 0.647. The molecular formula is C15H22Cl2N4O. The fourth-order valence-electron chi connectivity index (χ4n) is 2.27. The van der Waals surface area contributed by atoms with Crippen LogP contribution in [0.4, 0.5) is 0 Å². The fourth-order valence-corrected chi connectivity index (χ4v) is 2.74. The minimum absolute atomic E-state index is 0.177. The zero-order valence-electron chi connectivity index (χ0n) is 12.9. The second-order valence-electron chi connectivity index (χ2n) is 5.30. The van der Waals surface area contributed by atoms with Crippen molar-refractivity contribution in [2.75, 3.05) is 40.3 Å². The molecule has 7 heteroatoms. The Labute approximate surface area is 141 Å². The second kappa shape index (κ2) is 8.58. The molecule has 1 aromatic carbocycles. The van der Waals surface area contributed by atoms with E-state index in [1.807, 2.05) is 12.1 Å². The van der Waals surface area contributed by atoms with Crippen LogP contribution >= 0.6 is 23.2 Å². The van der Waals surface area contributed by atoms with Crippen LogP contribution in [-0.2, 0) is 11.3 Å². The zero-order valence-corrected chi connectivity index (χ0v) is 14.4. The van der Waals surface area contributed by atoms with Gasteiger partial charge in [0.25, 0.3) is 0 Å². The number of hydrogen-bond donors (Lipinski definition) is 2. The number of benzene rings is 1. The molecule has 1 aliphatic rings. The van der Waals surface area contributed by atoms with Crippen molar-refractivity contribution in [1.29, 1.82) is 0 Å². The topological polar surface area (TPSA) is 48.9 Å². The number of likely N-dealkylation sites (N-methyl/N-ethyl adjacent to an activating group) is 1. The summed E-state index contributed by atoms with van der Waals surface area (Å²) in [5.74, 6) is 0.725. The van der Waals surface area contributed by atoms with Gasteiger partial charge in [-0.05, 0) is 24.7 Å². The molecule has 1 aliphatic heterocycles. The van der Waals surface area contributed by atoms with E-state index in [-0.39, 0.29) is 6.10 Å². The summed E-state index contributed by atoms with van der Waals surface area (Å²) in [6.45, 7) is 3.99. The number of guanidine groups is 1. The second-order valence-corrected chi connectivity index (χ2v) is 6.14. The SMILES string of the molecule is CN=C(NCc1ccc(Cl)cc1Cl)NCC1CN(C)CCO1. The minimum Gasteiger partial charge on any atom is -0.374 e. The molecule has 1 heterocycles. The van der Waals surface area contributed by atoms with Crippen LogP contribution in [0.25, 0.3) is 0 Å². The Kier molecular flexibility index (Phi) is 6.76. The number of nitrogens with zero attached hydrogens (tertiary/aromatic N) is 2. The summed E-state index contributed by atoms with van der Waals surface area (Å²) in [6, 6.07) is 5.47. The van der Waals surface area contributed by atoms with Crippen molar-refractivity contribution >= 4 is 29.2 Å². The van der Waals surface area contributed by atoms with Crippen LogP contribution in [0.1, 0.15) is 5.56 Å². The molecule has 0 saturated carbocycles. The van der Waals surface area contributed by atoms with Crippen LogP contribution in [0, 0.1) is 0 Å². The smallest absolute Gasteiger partial charge is 0.191 e. The van der Waals surface area contributed by atoms with Crippen LogP contribution < -0.4 is 10.6 Å². The molecule has 122 valence electrons. The van der Waals surface area contributed by atoms with Crippen LogP contribution in [0.15, 0.2) is 23.2 Å². The van der Waals surface area contributed by atoms with Crippen molar-refractivity contribution in [2.45, 2.75) is 12.6 Å². The van der Waals surface area contributed by atoms with Crippen LogP contribution in [0.3, 0.4) is 0 Å². The molecule has 1 saturated heterocycles. The average Bonchev–Trinajstić information content (AvgIpc) is 2.49. The van der Waals surface area contributed by atoms with Gasteiger partial charge >= 0.3 is 0 Å². The van der Waals surface area contributed by atoms with Gasteiger partial charge in [-0.1, -0.05) is 29.3 Å². The van der Waals surface area contributed by atoms with E-state index in [0.717, 1.165) is 37.8 Å². The molecule has 2 rings (SSSR count). The van der Waals surface area contributed by atoms with Gasteiger partial charge in [0, 0.05) is 43.3 Å². The Morgan fingerprint density at radius 2 is 2.23 bits per heavy atom. The van der Waals surface area contributed by atoms with Gasteiger partial charge in [-0.15, -0.1) is 0 Å². The molecule has 5 nitrogen and oxygen atoms in total. The number of aliphatic imine (C=N–C) groups is 1. The molecule has 1 unspecified atom stereocenters. The molecule has 1 atom stereocenters. The molecule has 22 heavy (non-hydrogen) atoms. The predicted octanol–water partition coefficient (Wildman–Crippen LogP) is 1.99. The van der Waals surface area contributed by atoms with Gasteiger partial charge in [-0.2, -0.15) is 0 Å². The first-order valence-electron chi connectivity index (χ1n) is 7.27. The van der Waals surface area contributed by atoms with Crippen molar-refractivity contribution in [3.8, 4) is 0 Å². The van der Waals surface area contributed by atoms with Crippen molar-refractivity contribution in [2.24, 2.45) is 4.99 Å². The van der Waals surface area contributed by atoms with Gasteiger partial charge in [0.2, 0.25) is 0 Å². The van der Waals surface area contributed by atoms with E-state index in [0.29, 0.717) is 16.6 Å². The highest BCUT2D eigenvalue weighted by Gasteiger charge is 2.17. The van der Waals surface area contributed by atoms with Crippen LogP contribution in [0.2, 0.25) is 10.0 Å². The third kappa shape index (κ3) is 5.32. The number of hydrogen-bond acceptors (Lipinski definition) is 3. The van der Waals surface area contributed by atoms with Gasteiger partial charge in [0.05, 0.1) is 12.7 Å². The number of nitrogens with one attached hydrogen (secondary N) is 2. The van der Waals surface area contributed by atoms with Gasteiger partial charge < -0.3 is 20.3 Å². The lowest BCUT2D eigenvalue weighted by molar-refractivity contribution is -0.0161. The third-order valence-electron chi connectivity index (χ3n) is 3.52. The first-order chi connectivity index (χ1) is 10.6. The Bertz CT molecular complexity index is 524. The van der Waals surface area contributed by atoms with Crippen molar-refractivity contribution in [1.82, 2.24) is 15.5 Å². The zero-order chi connectivity index (χ0) is 15.9. The third-order valence-corrected chi connectivity index (χ3v) is 4.11. The van der Waals surface area contributed by atoms with E-state index in [4.69, 9.17) is 27.9 Å². The van der Waals surface area contributed by atoms with Crippen LogP contribution in [-0.4, -0.2) is 57.3 Å². The maximum atomic E-state index is 6.16. The maximum Gasteiger partial charge on any atom is 0.191 e. The highest BCUT2D eigenvalue weighted by Crippen LogP contribution is 2.20. The van der Waals surface area contributed by atoms with Gasteiger partial charge in [-0.25, -0.2) is 0 Å². The van der Waals surface area contributed by atoms with E-state index < -0.39 is 0 Å². The van der Waals surface area contributed by atoms with E-state index in [1.165, 1.54) is 0 Å². The molecule has 1 aromatic rings. The normalized spacial score (nSPS) is 20.0. The number of rotatable bonds is 4. The summed E-state index contributed by atoms with van der Waals surface area (Å²) in [5.41, 5.74) is 0.975. The standard InChI is InChI=1S/C15H22Cl2N4O/c1-18-15(20-9-13-10-21(2)5-6-22-13)19-8-11-3-4-12(16)7-14(11)17/h3-4,7,13H,5-6,8-10H2,1-2H3,(H2,18,19,20). The minimum atomic E-state index is 0.177. The van der Waals surface area contributed by atoms with Crippen molar-refractivity contribution in [3.63, 3.8) is 0 Å². The molecule has 0 amide bonds. The summed E-state index contributed by atoms with van der Waals surface area (Å²) in [6.07, 6.45) is 0.177. The molecule has 0 aliphatic carbocycles. The largest absolute Gasteiger partial charge is 0.374 e. The summed E-state index contributed by atoms with van der Waals surface area (Å²) in [4.78, 5) is 6.47. The lowest BCUT2D eigenvalue weighted by Gasteiger charge is -2.30. The Balaban J connectivity index is 1.80. The first kappa shape index (κ1) is 17.3. The predicted molar refractivity (Wildman–Crippen MR) is 91.9 cm³/mol. The van der Waals surface area contributed by atoms with E-state index in [1.54, 1.807) is 13.1 Å². The van der Waals surface area contributed by atoms with E-state index in [9.17, 15) is 0 Å². The summed E-state index contributed by atoms with van der Waals surface area (Å²) in [7, 11) is 3.85. The molecule has 0 aromatic heterocycles. The number of halogens is 2. The molecule has 2 N–H and O–H groups in total. The van der Waals surface area contributed by atoms with E-state index >= 15 is 0 Å². The highest BCUT2D eigenvalue weighted by molar-refractivity contribution is 6.35. The van der Waals surface area contributed by atoms with Crippen LogP contribution in [0.5, 0.6) is 0 Å². The molecule has 1 fully saturated rings. The fraction of sp³-hybridized carbons (Fsp3) is 0.533. The lowest BCUT2D eigenvalue weighted by atomic mass is 10.2. The van der Waals surface area contributed by atoms with Gasteiger partial charge in [0.15, 0.2) is 5.96 Å². The molecule has 0 radical (unpaired) electrons. The van der Waals surface area contributed by atoms with Gasteiger partial charge in [-0.3, -0.25) is 4.99 Å².